The number of hydrogen-bond acceptors (Lipinski definition) is 1. The Morgan fingerprint density at radius 3 is 1.79 bits per heavy atom. The molecule has 28 heavy (non-hydrogen) atoms. The van der Waals surface area contributed by atoms with Gasteiger partial charge in [0, 0.05) is 6.54 Å². The molecule has 2 heterocycles. The highest BCUT2D eigenvalue weighted by atomic mass is 15.1. The van der Waals surface area contributed by atoms with Gasteiger partial charge in [0.25, 0.3) is 0 Å². The molecule has 0 radical (unpaired) electrons. The fraction of sp³-hybridized carbons (Fsp3) is 0.926. The van der Waals surface area contributed by atoms with Crippen LogP contribution >= 0.6 is 0 Å². The molecule has 0 spiro atoms. The van der Waals surface area contributed by atoms with Crippen LogP contribution in [0.2, 0.25) is 0 Å². The van der Waals surface area contributed by atoms with E-state index in [9.17, 15) is 0 Å². The Hall–Kier alpha value is -0.300. The minimum absolute atomic E-state index is 0.994. The molecule has 162 valence electrons. The summed E-state index contributed by atoms with van der Waals surface area (Å²) in [4.78, 5) is 2.85. The number of fused-ring (bicyclic) bond motifs is 3. The monoisotopic (exact) mass is 387 g/mol. The Labute approximate surface area is 176 Å². The highest BCUT2D eigenvalue weighted by Crippen LogP contribution is 2.36. The van der Waals surface area contributed by atoms with Crippen LogP contribution in [-0.4, -0.2) is 24.5 Å². The first-order chi connectivity index (χ1) is 13.9. The molecule has 4 atom stereocenters. The van der Waals surface area contributed by atoms with Crippen molar-refractivity contribution in [3.8, 4) is 0 Å². The average Bonchev–Trinajstić information content (AvgIpc) is 2.73. The van der Waals surface area contributed by atoms with E-state index >= 15 is 0 Å². The molecule has 0 N–H and O–H groups in total. The van der Waals surface area contributed by atoms with Crippen LogP contribution in [0.1, 0.15) is 122 Å². The lowest BCUT2D eigenvalue weighted by atomic mass is 9.75. The largest absolute Gasteiger partial charge is 0.303 e. The van der Waals surface area contributed by atoms with E-state index in [1.165, 1.54) is 135 Å². The maximum atomic E-state index is 2.85. The van der Waals surface area contributed by atoms with Gasteiger partial charge in [-0.15, -0.1) is 0 Å². The van der Waals surface area contributed by atoms with Crippen LogP contribution in [-0.2, 0) is 0 Å². The zero-order valence-corrected chi connectivity index (χ0v) is 18.9. The van der Waals surface area contributed by atoms with Gasteiger partial charge in [-0.3, -0.25) is 0 Å². The minimum Gasteiger partial charge on any atom is -0.303 e. The molecule has 1 saturated heterocycles. The maximum Gasteiger partial charge on any atom is 0.000967 e. The van der Waals surface area contributed by atoms with Gasteiger partial charge in [0.2, 0.25) is 0 Å². The summed E-state index contributed by atoms with van der Waals surface area (Å²) in [6.07, 6.45) is 32.8. The highest BCUT2D eigenvalue weighted by molar-refractivity contribution is 4.82. The third kappa shape index (κ3) is 8.60. The molecular formula is C27H49N. The van der Waals surface area contributed by atoms with Gasteiger partial charge in [-0.1, -0.05) is 82.8 Å². The smallest absolute Gasteiger partial charge is 0.000967 e. The molecule has 1 saturated carbocycles. The normalized spacial score (nSPS) is 35.4. The fourth-order valence-electron chi connectivity index (χ4n) is 6.29. The zero-order chi connectivity index (χ0) is 19.3. The first-order valence-corrected chi connectivity index (χ1v) is 13.3. The van der Waals surface area contributed by atoms with Crippen LogP contribution in [0.15, 0.2) is 12.2 Å². The van der Waals surface area contributed by atoms with Gasteiger partial charge in [0.05, 0.1) is 0 Å². The Morgan fingerprint density at radius 2 is 1.00 bits per heavy atom. The van der Waals surface area contributed by atoms with Crippen molar-refractivity contribution in [3.63, 3.8) is 0 Å². The van der Waals surface area contributed by atoms with Gasteiger partial charge in [-0.05, 0) is 82.2 Å². The van der Waals surface area contributed by atoms with Crippen molar-refractivity contribution < 1.29 is 0 Å². The van der Waals surface area contributed by atoms with E-state index in [-0.39, 0.29) is 0 Å². The van der Waals surface area contributed by atoms with E-state index in [0.717, 1.165) is 17.8 Å². The number of allylic oxidation sites excluding steroid dienone is 2. The van der Waals surface area contributed by atoms with Crippen LogP contribution in [0.5, 0.6) is 0 Å². The standard InChI is InChI=1S/C27H49N/c1-2-4-6-8-10-12-18-26-19-13-14-20-27(26)21-23-28-22-15-17-25(24-28)16-11-9-7-5-3-1/h3,5,25-27H,1-2,4,6-24H2. The predicted octanol–water partition coefficient (Wildman–Crippen LogP) is 8.15. The van der Waals surface area contributed by atoms with Gasteiger partial charge >= 0.3 is 0 Å². The van der Waals surface area contributed by atoms with E-state index in [1.807, 2.05) is 0 Å². The maximum absolute atomic E-state index is 2.85. The predicted molar refractivity (Wildman–Crippen MR) is 124 cm³/mol. The van der Waals surface area contributed by atoms with Crippen LogP contribution in [0.25, 0.3) is 0 Å². The molecule has 1 aliphatic carbocycles. The summed E-state index contributed by atoms with van der Waals surface area (Å²) in [6, 6.07) is 0. The topological polar surface area (TPSA) is 3.24 Å². The summed E-state index contributed by atoms with van der Waals surface area (Å²) >= 11 is 0. The molecular weight excluding hydrogens is 338 g/mol. The Balaban J connectivity index is 1.47. The molecule has 3 aliphatic rings. The van der Waals surface area contributed by atoms with Crippen LogP contribution in [0.3, 0.4) is 0 Å². The van der Waals surface area contributed by atoms with Crippen molar-refractivity contribution in [2.75, 3.05) is 19.6 Å². The fourth-order valence-corrected chi connectivity index (χ4v) is 6.29. The number of nitrogens with zero attached hydrogens (tertiary/aromatic N) is 1. The molecule has 3 rings (SSSR count). The van der Waals surface area contributed by atoms with Crippen LogP contribution in [0.4, 0.5) is 0 Å². The van der Waals surface area contributed by atoms with Crippen molar-refractivity contribution in [1.82, 2.24) is 4.90 Å². The van der Waals surface area contributed by atoms with E-state index in [4.69, 9.17) is 0 Å². The zero-order valence-electron chi connectivity index (χ0n) is 18.9. The van der Waals surface area contributed by atoms with Gasteiger partial charge in [-0.25, -0.2) is 0 Å². The van der Waals surface area contributed by atoms with Crippen LogP contribution < -0.4 is 0 Å². The Bertz CT molecular complexity index is 414. The van der Waals surface area contributed by atoms with Crippen molar-refractivity contribution >= 4 is 0 Å². The molecule has 2 aliphatic heterocycles. The summed E-state index contributed by atoms with van der Waals surface area (Å²) < 4.78 is 0. The van der Waals surface area contributed by atoms with Gasteiger partial charge in [0.15, 0.2) is 0 Å². The van der Waals surface area contributed by atoms with E-state index in [2.05, 4.69) is 17.1 Å². The number of piperidine rings is 1. The van der Waals surface area contributed by atoms with E-state index < -0.39 is 0 Å². The molecule has 4 unspecified atom stereocenters. The highest BCUT2D eigenvalue weighted by Gasteiger charge is 2.26. The average molecular weight is 388 g/mol. The number of rotatable bonds is 0. The van der Waals surface area contributed by atoms with Crippen molar-refractivity contribution in [2.24, 2.45) is 17.8 Å². The summed E-state index contributed by atoms with van der Waals surface area (Å²) in [5, 5.41) is 0. The number of hydrogen-bond donors (Lipinski definition) is 0. The lowest BCUT2D eigenvalue weighted by molar-refractivity contribution is 0.133. The first-order valence-electron chi connectivity index (χ1n) is 13.3. The third-order valence-corrected chi connectivity index (χ3v) is 8.08. The Kier molecular flexibility index (Phi) is 11.1. The lowest BCUT2D eigenvalue weighted by Gasteiger charge is -2.36. The Morgan fingerprint density at radius 1 is 0.464 bits per heavy atom. The molecule has 0 aromatic heterocycles. The second kappa shape index (κ2) is 13.8. The summed E-state index contributed by atoms with van der Waals surface area (Å²) in [7, 11) is 0. The van der Waals surface area contributed by atoms with Crippen molar-refractivity contribution in [2.45, 2.75) is 122 Å². The first kappa shape index (κ1) is 22.4. The summed E-state index contributed by atoms with van der Waals surface area (Å²) in [5.74, 6) is 3.11. The van der Waals surface area contributed by atoms with Crippen molar-refractivity contribution in [3.05, 3.63) is 12.2 Å². The SMILES string of the molecule is C1=CCCCCC2CCCN(CCC3CCCCC3CCCCCCCC1)C2. The van der Waals surface area contributed by atoms with E-state index in [0.29, 0.717) is 0 Å². The molecule has 0 amide bonds. The van der Waals surface area contributed by atoms with Gasteiger partial charge < -0.3 is 4.90 Å². The van der Waals surface area contributed by atoms with Crippen molar-refractivity contribution in [1.29, 1.82) is 0 Å². The minimum atomic E-state index is 0.994. The molecule has 1 nitrogen and oxygen atoms in total. The van der Waals surface area contributed by atoms with Gasteiger partial charge in [-0.2, -0.15) is 0 Å². The molecule has 0 aromatic carbocycles. The van der Waals surface area contributed by atoms with Crippen LogP contribution in [0, 0.1) is 17.8 Å². The second-order valence-corrected chi connectivity index (χ2v) is 10.4. The third-order valence-electron chi connectivity index (χ3n) is 8.08. The molecule has 2 fully saturated rings. The summed E-state index contributed by atoms with van der Waals surface area (Å²) in [5.41, 5.74) is 0. The molecule has 0 aromatic rings. The van der Waals surface area contributed by atoms with E-state index in [1.54, 1.807) is 6.42 Å². The lowest BCUT2D eigenvalue weighted by Crippen LogP contribution is -2.37. The molecule has 2 bridgehead atoms. The second-order valence-electron chi connectivity index (χ2n) is 10.4. The quantitative estimate of drug-likeness (QED) is 0.379. The molecule has 1 heteroatoms. The summed E-state index contributed by atoms with van der Waals surface area (Å²) in [6.45, 7) is 4.20. The van der Waals surface area contributed by atoms with Gasteiger partial charge in [0.1, 0.15) is 0 Å².